The predicted octanol–water partition coefficient (Wildman–Crippen LogP) is 5.29. The van der Waals surface area contributed by atoms with Crippen LogP contribution in [0, 0.1) is 12.8 Å². The highest BCUT2D eigenvalue weighted by atomic mass is 35.5. The summed E-state index contributed by atoms with van der Waals surface area (Å²) in [5.41, 5.74) is 2.82. The Hall–Kier alpha value is -2.79. The molecule has 0 saturated carbocycles. The largest absolute Gasteiger partial charge is 0.494 e. The molecule has 6 heteroatoms. The van der Waals surface area contributed by atoms with Crippen molar-refractivity contribution >= 4 is 34.7 Å². The molecule has 3 rings (SSSR count). The maximum absolute atomic E-state index is 13.2. The second-order valence-electron chi connectivity index (χ2n) is 7.77. The van der Waals surface area contributed by atoms with Gasteiger partial charge in [-0.2, -0.15) is 0 Å². The van der Waals surface area contributed by atoms with Crippen LogP contribution in [0.25, 0.3) is 5.57 Å². The van der Waals surface area contributed by atoms with E-state index in [1.54, 1.807) is 6.07 Å². The van der Waals surface area contributed by atoms with Crippen molar-refractivity contribution in [3.05, 3.63) is 64.3 Å². The third kappa shape index (κ3) is 4.51. The summed E-state index contributed by atoms with van der Waals surface area (Å²) in [6, 6.07) is 12.7. The Morgan fingerprint density at radius 3 is 2.40 bits per heavy atom. The zero-order valence-electron chi connectivity index (χ0n) is 17.8. The molecule has 0 saturated heterocycles. The van der Waals surface area contributed by atoms with E-state index in [2.05, 4.69) is 5.32 Å². The highest BCUT2D eigenvalue weighted by Crippen LogP contribution is 2.33. The highest BCUT2D eigenvalue weighted by molar-refractivity contribution is 6.36. The Morgan fingerprint density at radius 2 is 1.77 bits per heavy atom. The van der Waals surface area contributed by atoms with Crippen molar-refractivity contribution < 1.29 is 14.3 Å². The lowest BCUT2D eigenvalue weighted by Crippen LogP contribution is -2.35. The Labute approximate surface area is 182 Å². The molecule has 1 aliphatic heterocycles. The summed E-state index contributed by atoms with van der Waals surface area (Å²) in [6.45, 7) is 8.86. The van der Waals surface area contributed by atoms with Crippen molar-refractivity contribution in [3.63, 3.8) is 0 Å². The zero-order valence-corrected chi connectivity index (χ0v) is 18.5. The molecule has 5 nitrogen and oxygen atoms in total. The molecule has 0 aliphatic carbocycles. The maximum Gasteiger partial charge on any atom is 0.278 e. The molecule has 1 N–H and O–H groups in total. The number of imide groups is 1. The molecule has 0 spiro atoms. The van der Waals surface area contributed by atoms with Crippen molar-refractivity contribution in [2.75, 3.05) is 18.5 Å². The molecule has 0 unspecified atom stereocenters. The van der Waals surface area contributed by atoms with Gasteiger partial charge in [0.25, 0.3) is 11.8 Å². The van der Waals surface area contributed by atoms with Gasteiger partial charge in [0, 0.05) is 17.3 Å². The highest BCUT2D eigenvalue weighted by Gasteiger charge is 2.39. The Morgan fingerprint density at radius 1 is 1.07 bits per heavy atom. The fourth-order valence-electron chi connectivity index (χ4n) is 3.31. The van der Waals surface area contributed by atoms with E-state index in [1.807, 2.05) is 64.1 Å². The lowest BCUT2D eigenvalue weighted by Gasteiger charge is -2.17. The Bertz CT molecular complexity index is 980. The van der Waals surface area contributed by atoms with Crippen LogP contribution in [0.2, 0.25) is 5.02 Å². The van der Waals surface area contributed by atoms with Gasteiger partial charge in [-0.05, 0) is 54.7 Å². The average molecular weight is 427 g/mol. The first kappa shape index (κ1) is 21.9. The minimum atomic E-state index is -0.325. The lowest BCUT2D eigenvalue weighted by molar-refractivity contribution is -0.137. The summed E-state index contributed by atoms with van der Waals surface area (Å²) in [5, 5.41) is 3.78. The molecule has 0 aromatic heterocycles. The number of carbonyl (C=O) groups excluding carboxylic acids is 2. The van der Waals surface area contributed by atoms with E-state index in [0.29, 0.717) is 35.0 Å². The molecular formula is C24H27ClN2O3. The van der Waals surface area contributed by atoms with Gasteiger partial charge >= 0.3 is 0 Å². The van der Waals surface area contributed by atoms with E-state index < -0.39 is 0 Å². The van der Waals surface area contributed by atoms with E-state index in [4.69, 9.17) is 16.3 Å². The number of nitrogens with zero attached hydrogens (tertiary/aromatic N) is 1. The first-order valence-electron chi connectivity index (χ1n) is 10.2. The van der Waals surface area contributed by atoms with E-state index in [-0.39, 0.29) is 23.4 Å². The summed E-state index contributed by atoms with van der Waals surface area (Å²) in [5.74, 6) is 0.279. The van der Waals surface area contributed by atoms with Crippen LogP contribution in [-0.2, 0) is 9.59 Å². The molecule has 0 atom stereocenters. The molecule has 30 heavy (non-hydrogen) atoms. The quantitative estimate of drug-likeness (QED) is 0.583. The summed E-state index contributed by atoms with van der Waals surface area (Å²) >= 11 is 6.24. The van der Waals surface area contributed by atoms with Gasteiger partial charge in [-0.3, -0.25) is 14.5 Å². The van der Waals surface area contributed by atoms with Crippen molar-refractivity contribution in [1.82, 2.24) is 4.90 Å². The summed E-state index contributed by atoms with van der Waals surface area (Å²) in [4.78, 5) is 27.7. The van der Waals surface area contributed by atoms with Crippen molar-refractivity contribution in [1.29, 1.82) is 0 Å². The molecule has 1 heterocycles. The molecule has 0 bridgehead atoms. The number of anilines is 1. The van der Waals surface area contributed by atoms with Gasteiger partial charge in [-0.15, -0.1) is 0 Å². The zero-order chi connectivity index (χ0) is 21.8. The van der Waals surface area contributed by atoms with Gasteiger partial charge < -0.3 is 10.1 Å². The number of hydrogen-bond donors (Lipinski definition) is 1. The number of benzene rings is 2. The van der Waals surface area contributed by atoms with Crippen LogP contribution in [0.4, 0.5) is 5.69 Å². The molecule has 2 amide bonds. The van der Waals surface area contributed by atoms with Crippen molar-refractivity contribution in [2.45, 2.75) is 34.1 Å². The third-order valence-corrected chi connectivity index (χ3v) is 5.27. The van der Waals surface area contributed by atoms with E-state index in [9.17, 15) is 9.59 Å². The lowest BCUT2D eigenvalue weighted by atomic mass is 10.0. The van der Waals surface area contributed by atoms with Crippen LogP contribution >= 0.6 is 11.6 Å². The molecule has 158 valence electrons. The molecule has 1 aliphatic rings. The van der Waals surface area contributed by atoms with Crippen LogP contribution in [-0.4, -0.2) is 29.9 Å². The number of carbonyl (C=O) groups is 2. The Kier molecular flexibility index (Phi) is 6.83. The number of ether oxygens (including phenoxy) is 1. The van der Waals surface area contributed by atoms with Crippen LogP contribution in [0.3, 0.4) is 0 Å². The van der Waals surface area contributed by atoms with Gasteiger partial charge in [-0.1, -0.05) is 50.6 Å². The number of amides is 2. The minimum Gasteiger partial charge on any atom is -0.494 e. The van der Waals surface area contributed by atoms with Crippen LogP contribution < -0.4 is 10.1 Å². The molecular weight excluding hydrogens is 400 g/mol. The Balaban J connectivity index is 2.03. The number of rotatable bonds is 8. The van der Waals surface area contributed by atoms with Gasteiger partial charge in [0.2, 0.25) is 0 Å². The molecule has 2 aromatic carbocycles. The topological polar surface area (TPSA) is 58.6 Å². The van der Waals surface area contributed by atoms with Gasteiger partial charge in [0.05, 0.1) is 12.2 Å². The fourth-order valence-corrected chi connectivity index (χ4v) is 3.48. The van der Waals surface area contributed by atoms with E-state index >= 15 is 0 Å². The number of hydrogen-bond acceptors (Lipinski definition) is 4. The van der Waals surface area contributed by atoms with E-state index in [1.165, 1.54) is 4.90 Å². The summed E-state index contributed by atoms with van der Waals surface area (Å²) in [6.07, 6.45) is 0.914. The van der Waals surface area contributed by atoms with E-state index in [0.717, 1.165) is 17.7 Å². The van der Waals surface area contributed by atoms with Gasteiger partial charge in [0.15, 0.2) is 0 Å². The first-order valence-corrected chi connectivity index (χ1v) is 10.6. The standard InChI is InChI=1S/C24H27ClN2O3/c1-5-13-30-18-11-9-17(10-12-18)21-22(24(29)27(23(21)28)14-15(2)3)26-20-8-6-7-19(25)16(20)4/h6-12,15,26H,5,13-14H2,1-4H3. The molecule has 0 radical (unpaired) electrons. The first-order chi connectivity index (χ1) is 14.3. The minimum absolute atomic E-state index is 0.163. The normalized spacial score (nSPS) is 14.1. The molecule has 0 fully saturated rings. The van der Waals surface area contributed by atoms with Crippen molar-refractivity contribution in [3.8, 4) is 5.75 Å². The number of halogens is 1. The second-order valence-corrected chi connectivity index (χ2v) is 8.18. The summed E-state index contributed by atoms with van der Waals surface area (Å²) in [7, 11) is 0. The average Bonchev–Trinajstić information content (AvgIpc) is 2.94. The maximum atomic E-state index is 13.2. The third-order valence-electron chi connectivity index (χ3n) is 4.86. The second kappa shape index (κ2) is 9.35. The van der Waals surface area contributed by atoms with Crippen LogP contribution in [0.1, 0.15) is 38.3 Å². The van der Waals surface area contributed by atoms with Gasteiger partial charge in [-0.25, -0.2) is 0 Å². The van der Waals surface area contributed by atoms with Crippen LogP contribution in [0.5, 0.6) is 5.75 Å². The van der Waals surface area contributed by atoms with Crippen LogP contribution in [0.15, 0.2) is 48.2 Å². The monoisotopic (exact) mass is 426 g/mol. The molecule has 2 aromatic rings. The predicted molar refractivity (Wildman–Crippen MR) is 121 cm³/mol. The SMILES string of the molecule is CCCOc1ccc(C2=C(Nc3cccc(Cl)c3C)C(=O)N(CC(C)C)C2=O)cc1. The van der Waals surface area contributed by atoms with Gasteiger partial charge in [0.1, 0.15) is 11.4 Å². The number of nitrogens with one attached hydrogen (secondary N) is 1. The smallest absolute Gasteiger partial charge is 0.278 e. The van der Waals surface area contributed by atoms with Crippen molar-refractivity contribution in [2.24, 2.45) is 5.92 Å². The fraction of sp³-hybridized carbons (Fsp3) is 0.333. The summed E-state index contributed by atoms with van der Waals surface area (Å²) < 4.78 is 5.64.